The standard InChI is InChI=1S/C16H19N3O/c1-11-3-4-13(12(2)9-11)14-5-6-18-16(19-14)15-10-20-8-7-17-15/h3-6,9,15,17H,7-8,10H2,1-2H3. The average Bonchev–Trinajstić information content (AvgIpc) is 2.48. The first kappa shape index (κ1) is 13.2. The fourth-order valence-electron chi connectivity index (χ4n) is 2.52. The van der Waals surface area contributed by atoms with Crippen molar-refractivity contribution >= 4 is 0 Å². The average molecular weight is 269 g/mol. The van der Waals surface area contributed by atoms with Crippen LogP contribution in [0.3, 0.4) is 0 Å². The number of aromatic nitrogens is 2. The molecule has 1 aliphatic heterocycles. The minimum atomic E-state index is 0.0921. The van der Waals surface area contributed by atoms with Crippen LogP contribution in [0.2, 0.25) is 0 Å². The summed E-state index contributed by atoms with van der Waals surface area (Å²) < 4.78 is 5.48. The maximum atomic E-state index is 5.48. The van der Waals surface area contributed by atoms with Crippen molar-refractivity contribution in [2.24, 2.45) is 0 Å². The van der Waals surface area contributed by atoms with E-state index in [1.54, 1.807) is 0 Å². The molecule has 1 aromatic heterocycles. The van der Waals surface area contributed by atoms with Crippen LogP contribution in [0.4, 0.5) is 0 Å². The van der Waals surface area contributed by atoms with E-state index >= 15 is 0 Å². The van der Waals surface area contributed by atoms with Gasteiger partial charge in [0.05, 0.1) is 24.9 Å². The molecule has 0 aliphatic carbocycles. The highest BCUT2D eigenvalue weighted by Crippen LogP contribution is 2.23. The number of morpholine rings is 1. The Morgan fingerprint density at radius 1 is 1.25 bits per heavy atom. The van der Waals surface area contributed by atoms with Crippen LogP contribution < -0.4 is 5.32 Å². The first-order valence-electron chi connectivity index (χ1n) is 6.96. The second-order valence-corrected chi connectivity index (χ2v) is 5.20. The Hall–Kier alpha value is -1.78. The fraction of sp³-hybridized carbons (Fsp3) is 0.375. The Bertz CT molecular complexity index is 606. The van der Waals surface area contributed by atoms with Crippen molar-refractivity contribution in [2.45, 2.75) is 19.9 Å². The van der Waals surface area contributed by atoms with Gasteiger partial charge in [-0.2, -0.15) is 0 Å². The third kappa shape index (κ3) is 2.71. The highest BCUT2D eigenvalue weighted by Gasteiger charge is 2.18. The molecule has 0 amide bonds. The third-order valence-electron chi connectivity index (χ3n) is 3.57. The van der Waals surface area contributed by atoms with E-state index in [1.165, 1.54) is 11.1 Å². The van der Waals surface area contributed by atoms with E-state index in [2.05, 4.69) is 42.3 Å². The van der Waals surface area contributed by atoms with Crippen LogP contribution in [0.1, 0.15) is 23.0 Å². The molecule has 2 heterocycles. The highest BCUT2D eigenvalue weighted by atomic mass is 16.5. The summed E-state index contributed by atoms with van der Waals surface area (Å²) in [5.74, 6) is 0.808. The van der Waals surface area contributed by atoms with E-state index in [0.717, 1.165) is 30.2 Å². The zero-order valence-corrected chi connectivity index (χ0v) is 11.9. The number of hydrogen-bond acceptors (Lipinski definition) is 4. The SMILES string of the molecule is Cc1ccc(-c2ccnc(C3COCCN3)n2)c(C)c1. The number of rotatable bonds is 2. The summed E-state index contributed by atoms with van der Waals surface area (Å²) in [6, 6.07) is 8.48. The van der Waals surface area contributed by atoms with E-state index in [0.29, 0.717) is 6.61 Å². The summed E-state index contributed by atoms with van der Waals surface area (Å²) in [4.78, 5) is 9.09. The molecule has 20 heavy (non-hydrogen) atoms. The van der Waals surface area contributed by atoms with Gasteiger partial charge in [0.1, 0.15) is 5.82 Å². The number of aryl methyl sites for hydroxylation is 2. The summed E-state index contributed by atoms with van der Waals surface area (Å²) in [6.45, 7) is 6.46. The van der Waals surface area contributed by atoms with Crippen LogP contribution in [0, 0.1) is 13.8 Å². The van der Waals surface area contributed by atoms with Crippen molar-refractivity contribution in [1.82, 2.24) is 15.3 Å². The van der Waals surface area contributed by atoms with Crippen molar-refractivity contribution in [3.8, 4) is 11.3 Å². The lowest BCUT2D eigenvalue weighted by Gasteiger charge is -2.22. The molecular weight excluding hydrogens is 250 g/mol. The molecule has 2 aromatic rings. The lowest BCUT2D eigenvalue weighted by molar-refractivity contribution is 0.0742. The molecular formula is C16H19N3O. The summed E-state index contributed by atoms with van der Waals surface area (Å²) in [5, 5.41) is 3.39. The van der Waals surface area contributed by atoms with E-state index in [1.807, 2.05) is 12.3 Å². The molecule has 1 atom stereocenters. The van der Waals surface area contributed by atoms with Crippen molar-refractivity contribution < 1.29 is 4.74 Å². The maximum Gasteiger partial charge on any atom is 0.148 e. The van der Waals surface area contributed by atoms with Gasteiger partial charge in [-0.1, -0.05) is 23.8 Å². The van der Waals surface area contributed by atoms with Gasteiger partial charge in [-0.25, -0.2) is 9.97 Å². The number of nitrogens with zero attached hydrogens (tertiary/aromatic N) is 2. The Morgan fingerprint density at radius 2 is 2.15 bits per heavy atom. The zero-order valence-electron chi connectivity index (χ0n) is 11.9. The first-order chi connectivity index (χ1) is 9.74. The first-order valence-corrected chi connectivity index (χ1v) is 6.96. The Morgan fingerprint density at radius 3 is 2.90 bits per heavy atom. The Balaban J connectivity index is 1.94. The van der Waals surface area contributed by atoms with Gasteiger partial charge in [-0.05, 0) is 25.5 Å². The van der Waals surface area contributed by atoms with Gasteiger partial charge in [0, 0.05) is 18.3 Å². The van der Waals surface area contributed by atoms with Crippen LogP contribution in [-0.4, -0.2) is 29.7 Å². The van der Waals surface area contributed by atoms with Gasteiger partial charge in [-0.15, -0.1) is 0 Å². The van der Waals surface area contributed by atoms with Gasteiger partial charge in [-0.3, -0.25) is 0 Å². The minimum Gasteiger partial charge on any atom is -0.378 e. The molecule has 1 aromatic carbocycles. The molecule has 1 fully saturated rings. The van der Waals surface area contributed by atoms with E-state index in [-0.39, 0.29) is 6.04 Å². The van der Waals surface area contributed by atoms with E-state index < -0.39 is 0 Å². The molecule has 3 rings (SSSR count). The van der Waals surface area contributed by atoms with Crippen LogP contribution >= 0.6 is 0 Å². The number of nitrogens with one attached hydrogen (secondary N) is 1. The summed E-state index contributed by atoms with van der Waals surface area (Å²) >= 11 is 0. The Kier molecular flexibility index (Phi) is 3.76. The predicted octanol–water partition coefficient (Wildman–Crippen LogP) is 2.42. The van der Waals surface area contributed by atoms with Gasteiger partial charge in [0.2, 0.25) is 0 Å². The summed E-state index contributed by atoms with van der Waals surface area (Å²) in [5.41, 5.74) is 4.64. The predicted molar refractivity (Wildman–Crippen MR) is 78.5 cm³/mol. The second kappa shape index (κ2) is 5.69. The molecule has 0 bridgehead atoms. The molecule has 4 nitrogen and oxygen atoms in total. The number of ether oxygens (including phenoxy) is 1. The quantitative estimate of drug-likeness (QED) is 0.909. The maximum absolute atomic E-state index is 5.48. The lowest BCUT2D eigenvalue weighted by Crippen LogP contribution is -2.35. The molecule has 1 N–H and O–H groups in total. The lowest BCUT2D eigenvalue weighted by atomic mass is 10.0. The zero-order chi connectivity index (χ0) is 13.9. The largest absolute Gasteiger partial charge is 0.378 e. The van der Waals surface area contributed by atoms with Crippen molar-refractivity contribution in [3.05, 3.63) is 47.4 Å². The second-order valence-electron chi connectivity index (χ2n) is 5.20. The van der Waals surface area contributed by atoms with E-state index in [9.17, 15) is 0 Å². The van der Waals surface area contributed by atoms with Crippen molar-refractivity contribution in [2.75, 3.05) is 19.8 Å². The molecule has 1 saturated heterocycles. The number of benzene rings is 1. The van der Waals surface area contributed by atoms with Gasteiger partial charge in [0.15, 0.2) is 0 Å². The number of hydrogen-bond donors (Lipinski definition) is 1. The van der Waals surface area contributed by atoms with Crippen molar-refractivity contribution in [1.29, 1.82) is 0 Å². The van der Waals surface area contributed by atoms with Crippen molar-refractivity contribution in [3.63, 3.8) is 0 Å². The van der Waals surface area contributed by atoms with Gasteiger partial charge in [0.25, 0.3) is 0 Å². The molecule has 0 spiro atoms. The van der Waals surface area contributed by atoms with Crippen LogP contribution in [0.25, 0.3) is 11.3 Å². The van der Waals surface area contributed by atoms with Crippen LogP contribution in [-0.2, 0) is 4.74 Å². The Labute approximate surface area is 119 Å². The molecule has 0 radical (unpaired) electrons. The molecule has 4 heteroatoms. The van der Waals surface area contributed by atoms with Crippen LogP contribution in [0.15, 0.2) is 30.5 Å². The third-order valence-corrected chi connectivity index (χ3v) is 3.57. The molecule has 1 unspecified atom stereocenters. The molecule has 104 valence electrons. The monoisotopic (exact) mass is 269 g/mol. The van der Waals surface area contributed by atoms with Gasteiger partial charge < -0.3 is 10.1 Å². The topological polar surface area (TPSA) is 47.0 Å². The molecule has 0 saturated carbocycles. The summed E-state index contributed by atoms with van der Waals surface area (Å²) in [6.07, 6.45) is 1.83. The minimum absolute atomic E-state index is 0.0921. The molecule has 1 aliphatic rings. The normalized spacial score (nSPS) is 19.0. The summed E-state index contributed by atoms with van der Waals surface area (Å²) in [7, 11) is 0. The van der Waals surface area contributed by atoms with Crippen LogP contribution in [0.5, 0.6) is 0 Å². The highest BCUT2D eigenvalue weighted by molar-refractivity contribution is 5.63. The fourth-order valence-corrected chi connectivity index (χ4v) is 2.52. The van der Waals surface area contributed by atoms with Gasteiger partial charge >= 0.3 is 0 Å². The smallest absolute Gasteiger partial charge is 0.148 e. The van der Waals surface area contributed by atoms with E-state index in [4.69, 9.17) is 9.72 Å².